The lowest BCUT2D eigenvalue weighted by Gasteiger charge is -2.10. The lowest BCUT2D eigenvalue weighted by atomic mass is 10.1. The van der Waals surface area contributed by atoms with Gasteiger partial charge in [0.05, 0.1) is 16.9 Å². The van der Waals surface area contributed by atoms with E-state index in [1.54, 1.807) is 31.2 Å². The highest BCUT2D eigenvalue weighted by Gasteiger charge is 2.14. The van der Waals surface area contributed by atoms with E-state index in [0.717, 1.165) is 11.1 Å². The first kappa shape index (κ1) is 20.4. The molecule has 0 bridgehead atoms. The van der Waals surface area contributed by atoms with Crippen LogP contribution in [0.25, 0.3) is 0 Å². The molecule has 2 aromatic carbocycles. The van der Waals surface area contributed by atoms with Crippen LogP contribution in [-0.2, 0) is 26.5 Å². The lowest BCUT2D eigenvalue weighted by Crippen LogP contribution is -2.25. The van der Waals surface area contributed by atoms with Crippen LogP contribution in [0.3, 0.4) is 0 Å². The molecule has 9 heteroatoms. The number of hydrogen-bond donors (Lipinski definition) is 2. The van der Waals surface area contributed by atoms with Gasteiger partial charge < -0.3 is 4.74 Å². The Balaban J connectivity index is 1.91. The molecule has 0 aromatic heterocycles. The predicted molar refractivity (Wildman–Crippen MR) is 99.1 cm³/mol. The molecule has 0 aliphatic carbocycles. The summed E-state index contributed by atoms with van der Waals surface area (Å²) in [7, 11) is -5.76. The Morgan fingerprint density at radius 3 is 2.15 bits per heavy atom. The molecule has 142 valence electrons. The van der Waals surface area contributed by atoms with Crippen LogP contribution in [-0.4, -0.2) is 30.5 Å². The number of hydrogen-bond acceptors (Lipinski definition) is 5. The van der Waals surface area contributed by atoms with Crippen molar-refractivity contribution < 1.29 is 21.6 Å². The van der Waals surface area contributed by atoms with E-state index in [-0.39, 0.29) is 16.3 Å². The van der Waals surface area contributed by atoms with E-state index in [1.807, 2.05) is 0 Å². The Hall–Kier alpha value is -1.94. The molecule has 0 fully saturated rings. The van der Waals surface area contributed by atoms with E-state index in [4.69, 9.17) is 9.88 Å². The van der Waals surface area contributed by atoms with Gasteiger partial charge in [-0.3, -0.25) is 0 Å². The number of nitrogens with two attached hydrogens (primary N) is 1. The molecule has 0 unspecified atom stereocenters. The van der Waals surface area contributed by atoms with Gasteiger partial charge >= 0.3 is 0 Å². The molecule has 3 N–H and O–H groups in total. The van der Waals surface area contributed by atoms with Gasteiger partial charge in [0.15, 0.2) is 0 Å². The molecular weight excluding hydrogens is 376 g/mol. The highest BCUT2D eigenvalue weighted by atomic mass is 32.2. The van der Waals surface area contributed by atoms with Gasteiger partial charge in [-0.15, -0.1) is 0 Å². The van der Waals surface area contributed by atoms with Crippen LogP contribution >= 0.6 is 0 Å². The zero-order chi connectivity index (χ0) is 19.4. The summed E-state index contributed by atoms with van der Waals surface area (Å²) in [6, 6.07) is 10.9. The maximum atomic E-state index is 12.3. The lowest BCUT2D eigenvalue weighted by molar-refractivity contribution is 0.411. The Kier molecular flexibility index (Phi) is 6.40. The van der Waals surface area contributed by atoms with Gasteiger partial charge in [0.25, 0.3) is 0 Å². The number of sulfonamides is 2. The summed E-state index contributed by atoms with van der Waals surface area (Å²) in [4.78, 5) is 0.241. The van der Waals surface area contributed by atoms with Crippen molar-refractivity contribution in [2.24, 2.45) is 5.14 Å². The molecule has 7 nitrogen and oxygen atoms in total. The molecule has 2 rings (SSSR count). The van der Waals surface area contributed by atoms with Gasteiger partial charge in [0.2, 0.25) is 20.0 Å². The van der Waals surface area contributed by atoms with Gasteiger partial charge in [-0.25, -0.2) is 26.7 Å². The third-order valence-electron chi connectivity index (χ3n) is 3.86. The van der Waals surface area contributed by atoms with E-state index in [9.17, 15) is 16.8 Å². The van der Waals surface area contributed by atoms with Crippen LogP contribution in [0, 0.1) is 6.92 Å². The molecule has 0 aliphatic heterocycles. The second kappa shape index (κ2) is 8.17. The molecule has 0 saturated heterocycles. The molecule has 26 heavy (non-hydrogen) atoms. The van der Waals surface area contributed by atoms with Crippen LogP contribution in [0.2, 0.25) is 0 Å². The van der Waals surface area contributed by atoms with E-state index < -0.39 is 20.0 Å². The minimum atomic E-state index is -3.70. The zero-order valence-corrected chi connectivity index (χ0v) is 16.2. The zero-order valence-electron chi connectivity index (χ0n) is 14.6. The second-order valence-corrected chi connectivity index (χ2v) is 9.15. The van der Waals surface area contributed by atoms with Crippen molar-refractivity contribution in [1.82, 2.24) is 4.72 Å². The molecule has 0 atom stereocenters. The molecule has 2 aromatic rings. The average Bonchev–Trinajstić information content (AvgIpc) is 2.58. The first-order valence-corrected chi connectivity index (χ1v) is 10.9. The van der Waals surface area contributed by atoms with Crippen LogP contribution in [0.4, 0.5) is 0 Å². The summed E-state index contributed by atoms with van der Waals surface area (Å²) >= 11 is 0. The highest BCUT2D eigenvalue weighted by Crippen LogP contribution is 2.21. The fraction of sp³-hybridized carbons (Fsp3) is 0.294. The Bertz CT molecular complexity index is 969. The summed E-state index contributed by atoms with van der Waals surface area (Å²) in [6.45, 7) is 2.05. The summed E-state index contributed by atoms with van der Waals surface area (Å²) in [5.41, 5.74) is 1.64. The molecule has 0 aliphatic rings. The van der Waals surface area contributed by atoms with E-state index in [2.05, 4.69) is 4.72 Å². The molecule has 0 radical (unpaired) electrons. The first-order valence-electron chi connectivity index (χ1n) is 7.89. The van der Waals surface area contributed by atoms with Crippen LogP contribution in [0.1, 0.15) is 17.5 Å². The molecule has 0 saturated carbocycles. The summed E-state index contributed by atoms with van der Waals surface area (Å²) in [6.07, 6.45) is 1.18. The predicted octanol–water partition coefficient (Wildman–Crippen LogP) is 1.56. The Morgan fingerprint density at radius 1 is 1.00 bits per heavy atom. The largest absolute Gasteiger partial charge is 0.496 e. The molecule has 0 spiro atoms. The van der Waals surface area contributed by atoms with Crippen LogP contribution in [0.15, 0.2) is 52.3 Å². The molecule has 0 amide bonds. The summed E-state index contributed by atoms with van der Waals surface area (Å²) in [5.74, 6) is 0.631. The van der Waals surface area contributed by atoms with E-state index in [1.165, 1.54) is 25.3 Å². The van der Waals surface area contributed by atoms with Gasteiger partial charge in [-0.05, 0) is 61.2 Å². The normalized spacial score (nSPS) is 12.1. The van der Waals surface area contributed by atoms with Crippen molar-refractivity contribution in [1.29, 1.82) is 0 Å². The maximum Gasteiger partial charge on any atom is 0.240 e. The number of ether oxygens (including phenoxy) is 1. The van der Waals surface area contributed by atoms with Crippen molar-refractivity contribution in [2.75, 3.05) is 13.7 Å². The van der Waals surface area contributed by atoms with Gasteiger partial charge in [0, 0.05) is 6.54 Å². The highest BCUT2D eigenvalue weighted by molar-refractivity contribution is 7.89. The number of methoxy groups -OCH3 is 1. The fourth-order valence-corrected chi connectivity index (χ4v) is 4.12. The topological polar surface area (TPSA) is 116 Å². The standard InChI is InChI=1S/C17H22N2O5S2/c1-13-12-16(9-10-17(13)24-2)26(22,23)19-11-3-4-14-5-7-15(8-6-14)25(18,20)21/h5-10,12,19H,3-4,11H2,1-2H3,(H2,18,20,21). The van der Waals surface area contributed by atoms with E-state index in [0.29, 0.717) is 18.6 Å². The minimum Gasteiger partial charge on any atom is -0.496 e. The van der Waals surface area contributed by atoms with Gasteiger partial charge in [-0.1, -0.05) is 12.1 Å². The quantitative estimate of drug-likeness (QED) is 0.655. The van der Waals surface area contributed by atoms with Gasteiger partial charge in [-0.2, -0.15) is 0 Å². The Morgan fingerprint density at radius 2 is 1.62 bits per heavy atom. The van der Waals surface area contributed by atoms with Crippen molar-refractivity contribution >= 4 is 20.0 Å². The molecule has 0 heterocycles. The minimum absolute atomic E-state index is 0.0526. The van der Waals surface area contributed by atoms with E-state index >= 15 is 0 Å². The first-order chi connectivity index (χ1) is 12.1. The number of nitrogens with one attached hydrogen (secondary N) is 1. The smallest absolute Gasteiger partial charge is 0.240 e. The van der Waals surface area contributed by atoms with Gasteiger partial charge in [0.1, 0.15) is 5.75 Å². The number of rotatable bonds is 8. The number of aryl methyl sites for hydroxylation is 2. The average molecular weight is 399 g/mol. The monoisotopic (exact) mass is 398 g/mol. The van der Waals surface area contributed by atoms with Crippen molar-refractivity contribution in [3.05, 3.63) is 53.6 Å². The van der Waals surface area contributed by atoms with Crippen molar-refractivity contribution in [3.8, 4) is 5.75 Å². The third kappa shape index (κ3) is 5.28. The summed E-state index contributed by atoms with van der Waals surface area (Å²) in [5, 5.41) is 5.05. The number of primary sulfonamides is 1. The van der Waals surface area contributed by atoms with Crippen molar-refractivity contribution in [2.45, 2.75) is 29.6 Å². The van der Waals surface area contributed by atoms with Crippen LogP contribution in [0.5, 0.6) is 5.75 Å². The van der Waals surface area contributed by atoms with Crippen LogP contribution < -0.4 is 14.6 Å². The Labute approximate surface area is 154 Å². The summed E-state index contributed by atoms with van der Waals surface area (Å²) < 4.78 is 54.7. The third-order valence-corrected chi connectivity index (χ3v) is 6.25. The second-order valence-electron chi connectivity index (χ2n) is 5.82. The fourth-order valence-electron chi connectivity index (χ4n) is 2.45. The SMILES string of the molecule is COc1ccc(S(=O)(=O)NCCCc2ccc(S(N)(=O)=O)cc2)cc1C. The maximum absolute atomic E-state index is 12.3. The molecular formula is C17H22N2O5S2. The van der Waals surface area contributed by atoms with Crippen molar-refractivity contribution in [3.63, 3.8) is 0 Å². The number of benzene rings is 2.